The fraction of sp³-hybridized carbons (Fsp3) is 0.0361. The van der Waals surface area contributed by atoms with Crippen LogP contribution in [-0.2, 0) is 5.41 Å². The fourth-order valence-electron chi connectivity index (χ4n) is 14.3. The Morgan fingerprint density at radius 1 is 0.247 bits per heavy atom. The zero-order valence-electron chi connectivity index (χ0n) is 47.0. The van der Waals surface area contributed by atoms with E-state index < -0.39 is 0 Å². The van der Waals surface area contributed by atoms with Crippen molar-refractivity contribution in [1.82, 2.24) is 0 Å². The Labute approximate surface area is 494 Å². The molecule has 0 unspecified atom stereocenters. The molecule has 0 aromatic heterocycles. The molecule has 394 valence electrons. The van der Waals surface area contributed by atoms with E-state index in [1.54, 1.807) is 0 Å². The molecular weight excluding hydrogens is 1020 g/mol. The van der Waals surface area contributed by atoms with E-state index in [0.717, 1.165) is 38.6 Å². The van der Waals surface area contributed by atoms with E-state index in [-0.39, 0.29) is 5.41 Å². The zero-order valence-corrected chi connectivity index (χ0v) is 47.0. The number of benzene rings is 15. The van der Waals surface area contributed by atoms with Gasteiger partial charge in [0.15, 0.2) is 0 Å². The summed E-state index contributed by atoms with van der Waals surface area (Å²) in [6, 6.07) is 106. The van der Waals surface area contributed by atoms with Gasteiger partial charge in [-0.15, -0.1) is 0 Å². The minimum atomic E-state index is -0.236. The highest BCUT2D eigenvalue weighted by atomic mass is 14.4. The summed E-state index contributed by atoms with van der Waals surface area (Å²) in [4.78, 5) is 0. The highest BCUT2D eigenvalue weighted by Crippen LogP contribution is 2.53. The quantitative estimate of drug-likeness (QED) is 0.149. The van der Waals surface area contributed by atoms with Crippen LogP contribution in [0, 0.1) is 22.7 Å². The van der Waals surface area contributed by atoms with Crippen LogP contribution in [0.4, 0.5) is 0 Å². The number of hydrogen-bond donors (Lipinski definition) is 0. The van der Waals surface area contributed by atoms with Crippen LogP contribution in [0.15, 0.2) is 279 Å². The van der Waals surface area contributed by atoms with Crippen LogP contribution >= 0.6 is 0 Å². The van der Waals surface area contributed by atoms with Crippen molar-refractivity contribution in [2.75, 3.05) is 0 Å². The van der Waals surface area contributed by atoms with Gasteiger partial charge in [0.05, 0.1) is 23.3 Å². The van der Waals surface area contributed by atoms with Gasteiger partial charge >= 0.3 is 0 Å². The van der Waals surface area contributed by atoms with Gasteiger partial charge in [-0.2, -0.15) is 10.5 Å². The SMILES string of the molecule is CC1(C)c2ccc(-c3ccc(-c4c5ccccc5c(-c5ccc(-c6cccc7ccccc67)cc5)c5ccc(-c6ccc(C#N)cc6)cc45)cc3)cc2-c2ccc(-c3c4ccccc4c(-c4ccc(C#N)c5ccccc45)c4ccccc34)cc21. The Morgan fingerprint density at radius 3 is 1.32 bits per heavy atom. The normalized spacial score (nSPS) is 12.4. The lowest BCUT2D eigenvalue weighted by Gasteiger charge is -2.23. The number of nitriles is 2. The molecule has 15 aromatic rings. The third-order valence-electron chi connectivity index (χ3n) is 18.4. The second-order valence-electron chi connectivity index (χ2n) is 23.2. The second-order valence-corrected chi connectivity index (χ2v) is 23.2. The second kappa shape index (κ2) is 19.5. The van der Waals surface area contributed by atoms with Gasteiger partial charge in [-0.1, -0.05) is 257 Å². The Hall–Kier alpha value is -11.2. The maximum atomic E-state index is 10.1. The van der Waals surface area contributed by atoms with E-state index >= 15 is 0 Å². The van der Waals surface area contributed by atoms with Gasteiger partial charge in [-0.3, -0.25) is 0 Å². The number of fused-ring (bicyclic) bond motifs is 9. The van der Waals surface area contributed by atoms with Gasteiger partial charge in [-0.05, 0) is 196 Å². The molecule has 0 amide bonds. The molecule has 0 heterocycles. The van der Waals surface area contributed by atoms with Crippen molar-refractivity contribution in [2.45, 2.75) is 19.3 Å². The number of nitrogens with zero attached hydrogens (tertiary/aromatic N) is 2. The summed E-state index contributed by atoms with van der Waals surface area (Å²) in [5, 5.41) is 33.8. The standard InChI is InChI=1S/C83H52N2/c1-83(2)77-45-41-59(46-75(77)66-42-39-60(48-78(66)83)81-69-21-9-11-23-71(69)82(72-24-12-10-22-70(72)81)73-44-40-61(50-85)64-17-5-6-18-65(64)73)53-30-34-57(35-31-53)80-68-20-8-7-19-67(68)79(74-43-38-58(47-76(74)80)52-28-26-51(49-84)27-29-52)56-36-32-55(33-37-56)63-25-13-15-54-14-3-4-16-62(54)63/h3-48H,1-2H3. The van der Waals surface area contributed by atoms with Crippen LogP contribution in [0.1, 0.15) is 36.1 Å². The van der Waals surface area contributed by atoms with Crippen LogP contribution in [-0.4, -0.2) is 0 Å². The summed E-state index contributed by atoms with van der Waals surface area (Å²) in [5.74, 6) is 0. The molecule has 0 N–H and O–H groups in total. The molecule has 0 atom stereocenters. The van der Waals surface area contributed by atoms with Gasteiger partial charge < -0.3 is 0 Å². The van der Waals surface area contributed by atoms with Crippen LogP contribution in [0.2, 0.25) is 0 Å². The highest BCUT2D eigenvalue weighted by molar-refractivity contribution is 6.25. The van der Waals surface area contributed by atoms with E-state index in [1.165, 1.54) is 126 Å². The zero-order chi connectivity index (χ0) is 56.9. The highest BCUT2D eigenvalue weighted by Gasteiger charge is 2.36. The molecule has 15 aromatic carbocycles. The summed E-state index contributed by atoms with van der Waals surface area (Å²) >= 11 is 0. The van der Waals surface area contributed by atoms with Crippen LogP contribution in [0.3, 0.4) is 0 Å². The molecule has 0 fully saturated rings. The predicted octanol–water partition coefficient (Wildman–Crippen LogP) is 22.3. The van der Waals surface area contributed by atoms with E-state index in [9.17, 15) is 10.5 Å². The van der Waals surface area contributed by atoms with Gasteiger partial charge in [0.25, 0.3) is 0 Å². The van der Waals surface area contributed by atoms with Gasteiger partial charge in [-0.25, -0.2) is 0 Å². The van der Waals surface area contributed by atoms with Crippen molar-refractivity contribution < 1.29 is 0 Å². The first-order chi connectivity index (χ1) is 41.8. The largest absolute Gasteiger partial charge is 0.192 e. The molecule has 0 saturated carbocycles. The molecule has 2 nitrogen and oxygen atoms in total. The molecule has 0 saturated heterocycles. The van der Waals surface area contributed by atoms with E-state index in [2.05, 4.69) is 281 Å². The average molecular weight is 1080 g/mol. The van der Waals surface area contributed by atoms with E-state index in [1.807, 2.05) is 24.3 Å². The van der Waals surface area contributed by atoms with Gasteiger partial charge in [0.1, 0.15) is 0 Å². The predicted molar refractivity (Wildman–Crippen MR) is 357 cm³/mol. The van der Waals surface area contributed by atoms with Crippen LogP contribution in [0.25, 0.3) is 154 Å². The number of rotatable bonds is 7. The van der Waals surface area contributed by atoms with Gasteiger partial charge in [0, 0.05) is 10.8 Å². The first-order valence-corrected chi connectivity index (χ1v) is 29.2. The molecule has 16 rings (SSSR count). The first kappa shape index (κ1) is 49.6. The monoisotopic (exact) mass is 1080 g/mol. The van der Waals surface area contributed by atoms with Crippen molar-refractivity contribution >= 4 is 64.6 Å². The Morgan fingerprint density at radius 2 is 0.694 bits per heavy atom. The molecule has 0 bridgehead atoms. The summed E-state index contributed by atoms with van der Waals surface area (Å²) in [6.45, 7) is 4.75. The van der Waals surface area contributed by atoms with Crippen molar-refractivity contribution in [3.05, 3.63) is 301 Å². The third kappa shape index (κ3) is 7.85. The molecule has 0 spiro atoms. The molecular formula is C83H52N2. The van der Waals surface area contributed by atoms with Crippen molar-refractivity contribution in [2.24, 2.45) is 0 Å². The topological polar surface area (TPSA) is 47.6 Å². The molecule has 0 radical (unpaired) electrons. The average Bonchev–Trinajstić information content (AvgIpc) is 2.67. The van der Waals surface area contributed by atoms with Crippen molar-refractivity contribution in [1.29, 1.82) is 10.5 Å². The number of hydrogen-bond acceptors (Lipinski definition) is 2. The molecule has 1 aliphatic carbocycles. The lowest BCUT2D eigenvalue weighted by Crippen LogP contribution is -2.15. The van der Waals surface area contributed by atoms with Crippen LogP contribution < -0.4 is 0 Å². The van der Waals surface area contributed by atoms with E-state index in [4.69, 9.17) is 0 Å². The first-order valence-electron chi connectivity index (χ1n) is 29.2. The molecule has 85 heavy (non-hydrogen) atoms. The summed E-state index contributed by atoms with van der Waals surface area (Å²) in [5.41, 5.74) is 22.7. The maximum absolute atomic E-state index is 10.1. The van der Waals surface area contributed by atoms with Gasteiger partial charge in [0.2, 0.25) is 0 Å². The molecule has 1 aliphatic rings. The Kier molecular flexibility index (Phi) is 11.4. The minimum absolute atomic E-state index is 0.236. The van der Waals surface area contributed by atoms with Crippen LogP contribution in [0.5, 0.6) is 0 Å². The van der Waals surface area contributed by atoms with Crippen molar-refractivity contribution in [3.8, 4) is 101 Å². The van der Waals surface area contributed by atoms with E-state index in [0.29, 0.717) is 11.1 Å². The minimum Gasteiger partial charge on any atom is -0.192 e. The van der Waals surface area contributed by atoms with Crippen molar-refractivity contribution in [3.63, 3.8) is 0 Å². The summed E-state index contributed by atoms with van der Waals surface area (Å²) in [6.07, 6.45) is 0. The Balaban J connectivity index is 0.795. The fourth-order valence-corrected chi connectivity index (χ4v) is 14.3. The smallest absolute Gasteiger partial charge is 0.0998 e. The third-order valence-corrected chi connectivity index (χ3v) is 18.4. The lowest BCUT2D eigenvalue weighted by atomic mass is 9.80. The maximum Gasteiger partial charge on any atom is 0.0998 e. The lowest BCUT2D eigenvalue weighted by molar-refractivity contribution is 0.660. The molecule has 2 heteroatoms. The Bertz CT molecular complexity index is 5320. The summed E-state index contributed by atoms with van der Waals surface area (Å²) in [7, 11) is 0. The summed E-state index contributed by atoms with van der Waals surface area (Å²) < 4.78 is 0. The molecule has 0 aliphatic heterocycles.